The van der Waals surface area contributed by atoms with E-state index in [4.69, 9.17) is 4.74 Å². The second-order valence-electron chi connectivity index (χ2n) is 4.42. The fourth-order valence-electron chi connectivity index (χ4n) is 2.11. The van der Waals surface area contributed by atoms with Gasteiger partial charge in [0.15, 0.2) is 0 Å². The first-order valence-corrected chi connectivity index (χ1v) is 6.56. The number of benzene rings is 1. The molecule has 3 heteroatoms. The monoisotopic (exact) mass is 234 g/mol. The van der Waals surface area contributed by atoms with E-state index in [2.05, 4.69) is 35.8 Å². The minimum Gasteiger partial charge on any atom is -0.493 e. The van der Waals surface area contributed by atoms with Gasteiger partial charge in [-0.15, -0.1) is 0 Å². The predicted molar refractivity (Wildman–Crippen MR) is 70.5 cm³/mol. The minimum atomic E-state index is 0.868. The van der Waals surface area contributed by atoms with Crippen molar-refractivity contribution >= 4 is 0 Å². The van der Waals surface area contributed by atoms with E-state index in [1.807, 2.05) is 0 Å². The van der Waals surface area contributed by atoms with Crippen molar-refractivity contribution in [1.29, 1.82) is 0 Å². The summed E-state index contributed by atoms with van der Waals surface area (Å²) in [5, 5.41) is 6.74. The van der Waals surface area contributed by atoms with Gasteiger partial charge in [0.2, 0.25) is 0 Å². The van der Waals surface area contributed by atoms with Gasteiger partial charge in [0.1, 0.15) is 5.75 Å². The van der Waals surface area contributed by atoms with Gasteiger partial charge in [0, 0.05) is 19.6 Å². The summed E-state index contributed by atoms with van der Waals surface area (Å²) in [4.78, 5) is 0. The van der Waals surface area contributed by atoms with Crippen molar-refractivity contribution in [1.82, 2.24) is 10.6 Å². The number of nitrogens with one attached hydrogen (secondary N) is 2. The zero-order valence-electron chi connectivity index (χ0n) is 10.6. The highest BCUT2D eigenvalue weighted by molar-refractivity contribution is 5.38. The number of fused-ring (bicyclic) bond motifs is 1. The fraction of sp³-hybridized carbons (Fsp3) is 0.571. The lowest BCUT2D eigenvalue weighted by atomic mass is 10.0. The third kappa shape index (κ3) is 3.72. The van der Waals surface area contributed by atoms with Gasteiger partial charge in [0.25, 0.3) is 0 Å². The number of hydrogen-bond donors (Lipinski definition) is 2. The predicted octanol–water partition coefficient (Wildman–Crippen LogP) is 1.71. The lowest BCUT2D eigenvalue weighted by Crippen LogP contribution is -2.26. The summed E-state index contributed by atoms with van der Waals surface area (Å²) >= 11 is 0. The number of aryl methyl sites for hydroxylation is 1. The van der Waals surface area contributed by atoms with Gasteiger partial charge < -0.3 is 15.4 Å². The first kappa shape index (κ1) is 12.4. The van der Waals surface area contributed by atoms with Crippen molar-refractivity contribution in [2.45, 2.75) is 26.3 Å². The average Bonchev–Trinajstić information content (AvgIpc) is 2.38. The molecule has 3 nitrogen and oxygen atoms in total. The molecule has 0 fully saturated rings. The first-order chi connectivity index (χ1) is 8.40. The second-order valence-corrected chi connectivity index (χ2v) is 4.42. The van der Waals surface area contributed by atoms with Gasteiger partial charge >= 0.3 is 0 Å². The Balaban J connectivity index is 1.81. The van der Waals surface area contributed by atoms with Crippen LogP contribution in [0.4, 0.5) is 0 Å². The van der Waals surface area contributed by atoms with Crippen molar-refractivity contribution in [2.24, 2.45) is 0 Å². The molecule has 1 aromatic carbocycles. The summed E-state index contributed by atoms with van der Waals surface area (Å²) < 4.78 is 5.61. The normalized spacial score (nSPS) is 14.2. The minimum absolute atomic E-state index is 0.868. The van der Waals surface area contributed by atoms with Crippen LogP contribution in [0.2, 0.25) is 0 Å². The number of likely N-dealkylation sites (N-methyl/N-ethyl adjacent to an activating group) is 1. The van der Waals surface area contributed by atoms with Gasteiger partial charge in [0.05, 0.1) is 6.61 Å². The molecule has 0 atom stereocenters. The lowest BCUT2D eigenvalue weighted by Gasteiger charge is -2.18. The summed E-state index contributed by atoms with van der Waals surface area (Å²) in [5.41, 5.74) is 2.72. The van der Waals surface area contributed by atoms with Gasteiger partial charge in [-0.2, -0.15) is 0 Å². The highest BCUT2D eigenvalue weighted by atomic mass is 16.5. The molecular weight excluding hydrogens is 212 g/mol. The third-order valence-corrected chi connectivity index (χ3v) is 3.03. The van der Waals surface area contributed by atoms with E-state index in [0.717, 1.165) is 51.4 Å². The van der Waals surface area contributed by atoms with E-state index in [9.17, 15) is 0 Å². The molecule has 1 aliphatic heterocycles. The Kier molecular flexibility index (Phi) is 4.83. The summed E-state index contributed by atoms with van der Waals surface area (Å²) in [6.45, 7) is 7.03. The van der Waals surface area contributed by atoms with Crippen molar-refractivity contribution in [2.75, 3.05) is 26.2 Å². The van der Waals surface area contributed by atoms with Crippen LogP contribution in [-0.2, 0) is 13.0 Å². The van der Waals surface area contributed by atoms with Crippen LogP contribution >= 0.6 is 0 Å². The molecule has 0 amide bonds. The van der Waals surface area contributed by atoms with E-state index in [0.29, 0.717) is 0 Å². The number of rotatable bonds is 6. The largest absolute Gasteiger partial charge is 0.493 e. The lowest BCUT2D eigenvalue weighted by molar-refractivity contribution is 0.288. The van der Waals surface area contributed by atoms with Crippen molar-refractivity contribution in [3.63, 3.8) is 0 Å². The Bertz CT molecular complexity index is 352. The fourth-order valence-corrected chi connectivity index (χ4v) is 2.11. The van der Waals surface area contributed by atoms with Crippen LogP contribution in [-0.4, -0.2) is 26.2 Å². The topological polar surface area (TPSA) is 33.3 Å². The van der Waals surface area contributed by atoms with E-state index >= 15 is 0 Å². The molecule has 1 aliphatic rings. The number of hydrogen-bond acceptors (Lipinski definition) is 3. The smallest absolute Gasteiger partial charge is 0.122 e. The molecule has 0 saturated carbocycles. The molecular formula is C14H22N2O. The van der Waals surface area contributed by atoms with Crippen LogP contribution in [0, 0.1) is 0 Å². The molecule has 0 unspecified atom stereocenters. The number of ether oxygens (including phenoxy) is 1. The van der Waals surface area contributed by atoms with Gasteiger partial charge in [-0.3, -0.25) is 0 Å². The molecule has 1 aromatic rings. The van der Waals surface area contributed by atoms with Crippen LogP contribution in [0.15, 0.2) is 18.2 Å². The molecule has 0 bridgehead atoms. The first-order valence-electron chi connectivity index (χ1n) is 6.56. The molecule has 94 valence electrons. The van der Waals surface area contributed by atoms with Gasteiger partial charge in [-0.05, 0) is 36.6 Å². The summed E-state index contributed by atoms with van der Waals surface area (Å²) in [6.07, 6.45) is 2.30. The molecule has 1 heterocycles. The van der Waals surface area contributed by atoms with Gasteiger partial charge in [-0.25, -0.2) is 0 Å². The Hall–Kier alpha value is -1.06. The maximum Gasteiger partial charge on any atom is 0.122 e. The molecule has 2 N–H and O–H groups in total. The molecule has 0 radical (unpaired) electrons. The SMILES string of the molecule is CCNCCNCc1ccc2c(c1)CCCO2. The Morgan fingerprint density at radius 2 is 2.12 bits per heavy atom. The highest BCUT2D eigenvalue weighted by Gasteiger charge is 2.09. The highest BCUT2D eigenvalue weighted by Crippen LogP contribution is 2.25. The Labute approximate surface area is 104 Å². The van der Waals surface area contributed by atoms with Crippen molar-refractivity contribution in [3.05, 3.63) is 29.3 Å². The zero-order valence-corrected chi connectivity index (χ0v) is 10.6. The molecule has 2 rings (SSSR count). The third-order valence-electron chi connectivity index (χ3n) is 3.03. The van der Waals surface area contributed by atoms with Crippen LogP contribution in [0.3, 0.4) is 0 Å². The standard InChI is InChI=1S/C14H22N2O/c1-2-15-7-8-16-11-12-5-6-14-13(10-12)4-3-9-17-14/h5-6,10,15-16H,2-4,7-9,11H2,1H3. The summed E-state index contributed by atoms with van der Waals surface area (Å²) in [6, 6.07) is 6.54. The van der Waals surface area contributed by atoms with E-state index < -0.39 is 0 Å². The van der Waals surface area contributed by atoms with Crippen LogP contribution in [0.1, 0.15) is 24.5 Å². The Morgan fingerprint density at radius 1 is 1.24 bits per heavy atom. The zero-order chi connectivity index (χ0) is 11.9. The molecule has 0 aliphatic carbocycles. The van der Waals surface area contributed by atoms with E-state index in [1.165, 1.54) is 11.1 Å². The van der Waals surface area contributed by atoms with Crippen molar-refractivity contribution < 1.29 is 4.74 Å². The molecule has 0 saturated heterocycles. The summed E-state index contributed by atoms with van der Waals surface area (Å²) in [5.74, 6) is 1.08. The van der Waals surface area contributed by atoms with E-state index in [-0.39, 0.29) is 0 Å². The van der Waals surface area contributed by atoms with Crippen molar-refractivity contribution in [3.8, 4) is 5.75 Å². The Morgan fingerprint density at radius 3 is 3.00 bits per heavy atom. The maximum atomic E-state index is 5.61. The average molecular weight is 234 g/mol. The van der Waals surface area contributed by atoms with Crippen LogP contribution in [0.5, 0.6) is 5.75 Å². The second kappa shape index (κ2) is 6.62. The van der Waals surface area contributed by atoms with Crippen LogP contribution < -0.4 is 15.4 Å². The summed E-state index contributed by atoms with van der Waals surface area (Å²) in [7, 11) is 0. The molecule has 0 spiro atoms. The van der Waals surface area contributed by atoms with Crippen LogP contribution in [0.25, 0.3) is 0 Å². The van der Waals surface area contributed by atoms with Gasteiger partial charge in [-0.1, -0.05) is 19.1 Å². The molecule has 0 aromatic heterocycles. The quantitative estimate of drug-likeness (QED) is 0.735. The maximum absolute atomic E-state index is 5.61. The van der Waals surface area contributed by atoms with E-state index in [1.54, 1.807) is 0 Å². The molecule has 17 heavy (non-hydrogen) atoms.